The summed E-state index contributed by atoms with van der Waals surface area (Å²) in [7, 11) is 0. The number of hydrogen-bond donors (Lipinski definition) is 3. The molecule has 0 saturated heterocycles. The minimum Gasteiger partial charge on any atom is -0.503 e. The Morgan fingerprint density at radius 1 is 1.04 bits per heavy atom. The molecule has 0 bridgehead atoms. The van der Waals surface area contributed by atoms with Gasteiger partial charge in [-0.1, -0.05) is 0 Å². The molecule has 1 heterocycles. The molecular weight excluding hydrogens is 367 g/mol. The number of aromatic nitrogens is 2. The largest absolute Gasteiger partial charge is 0.503 e. The van der Waals surface area contributed by atoms with Crippen LogP contribution in [0, 0.1) is 17.6 Å². The Morgan fingerprint density at radius 3 is 2.08 bits per heavy atom. The summed E-state index contributed by atoms with van der Waals surface area (Å²) in [6, 6.07) is 0. The number of aromatic carboxylic acids is 1. The lowest BCUT2D eigenvalue weighted by atomic mass is 10.1. The maximum Gasteiger partial charge on any atom is 0.341 e. The van der Waals surface area contributed by atoms with Crippen LogP contribution in [0.15, 0.2) is 9.59 Å². The molecule has 0 aliphatic carbocycles. The Bertz CT molecular complexity index is 1000. The molecule has 0 atom stereocenters. The van der Waals surface area contributed by atoms with Gasteiger partial charge in [-0.3, -0.25) is 19.7 Å². The molecule has 1 aromatic carbocycles. The summed E-state index contributed by atoms with van der Waals surface area (Å²) in [6.45, 7) is 0. The zero-order valence-electron chi connectivity index (χ0n) is 11.3. The van der Waals surface area contributed by atoms with Crippen molar-refractivity contribution in [2.24, 2.45) is 0 Å². The fraction of sp³-hybridized carbons (Fsp3) is 0. The van der Waals surface area contributed by atoms with Crippen molar-refractivity contribution in [3.05, 3.63) is 44.0 Å². The molecule has 14 heteroatoms. The van der Waals surface area contributed by atoms with Gasteiger partial charge in [-0.2, -0.15) is 8.78 Å². The van der Waals surface area contributed by atoms with E-state index in [9.17, 15) is 41.7 Å². The van der Waals surface area contributed by atoms with Crippen molar-refractivity contribution in [1.29, 1.82) is 0 Å². The van der Waals surface area contributed by atoms with E-state index in [0.717, 1.165) is 4.98 Å². The summed E-state index contributed by atoms with van der Waals surface area (Å²) in [6.07, 6.45) is 0. The summed E-state index contributed by atoms with van der Waals surface area (Å²) in [5.74, 6) is -14.4. The van der Waals surface area contributed by atoms with Crippen LogP contribution in [-0.4, -0.2) is 25.7 Å². The zero-order valence-corrected chi connectivity index (χ0v) is 11.3. The topological polar surface area (TPSA) is 131 Å². The Hall–Kier alpha value is -3.58. The van der Waals surface area contributed by atoms with E-state index in [2.05, 4.69) is 9.88 Å². The van der Waals surface area contributed by atoms with Gasteiger partial charge in [-0.05, 0) is 0 Å². The summed E-state index contributed by atoms with van der Waals surface area (Å²) in [5, 5.41) is 18.7. The lowest BCUT2D eigenvalue weighted by Gasteiger charge is -2.14. The minimum atomic E-state index is -2.32. The van der Waals surface area contributed by atoms with Gasteiger partial charge in [0.05, 0.1) is 0 Å². The number of hydrogen-bond acceptors (Lipinski definition) is 6. The quantitative estimate of drug-likeness (QED) is 0.538. The van der Waals surface area contributed by atoms with Crippen molar-refractivity contribution < 1.29 is 47.1 Å². The van der Waals surface area contributed by atoms with Crippen molar-refractivity contribution in [1.82, 2.24) is 9.55 Å². The van der Waals surface area contributed by atoms with Crippen LogP contribution < -0.4 is 21.1 Å². The predicted molar refractivity (Wildman–Crippen MR) is 64.6 cm³/mol. The van der Waals surface area contributed by atoms with E-state index in [-0.39, 0.29) is 0 Å². The van der Waals surface area contributed by atoms with Gasteiger partial charge in [0.1, 0.15) is 11.3 Å². The summed E-state index contributed by atoms with van der Waals surface area (Å²) in [4.78, 5) is 41.4. The van der Waals surface area contributed by atoms with Gasteiger partial charge in [0.25, 0.3) is 17.1 Å². The van der Waals surface area contributed by atoms with Gasteiger partial charge >= 0.3 is 11.7 Å². The van der Waals surface area contributed by atoms with Crippen LogP contribution in [0.3, 0.4) is 0 Å². The molecule has 0 unspecified atom stereocenters. The number of aromatic hydroxyl groups is 1. The first-order valence-electron chi connectivity index (χ1n) is 5.76. The Kier molecular flexibility index (Phi) is 4.36. The number of nitrogens with one attached hydrogen (secondary N) is 1. The molecule has 1 aromatic heterocycles. The second kappa shape index (κ2) is 6.14. The van der Waals surface area contributed by atoms with Crippen LogP contribution in [0.25, 0.3) is 5.69 Å². The van der Waals surface area contributed by atoms with Crippen LogP contribution in [0.2, 0.25) is 0 Å². The summed E-state index contributed by atoms with van der Waals surface area (Å²) >= 11 is 0. The third kappa shape index (κ3) is 2.52. The molecule has 0 fully saturated rings. The number of carboxylic acid groups (broad SMARTS) is 1. The second-order valence-corrected chi connectivity index (χ2v) is 4.20. The zero-order chi connectivity index (χ0) is 19.0. The fourth-order valence-corrected chi connectivity index (χ4v) is 1.90. The number of nitrogens with zero attached hydrogens (tertiary/aromatic N) is 1. The highest BCUT2D eigenvalue weighted by molar-refractivity contribution is 5.95. The van der Waals surface area contributed by atoms with Gasteiger partial charge in [0, 0.05) is 9.05 Å². The van der Waals surface area contributed by atoms with Crippen molar-refractivity contribution in [2.45, 2.75) is 0 Å². The van der Waals surface area contributed by atoms with Gasteiger partial charge in [-0.15, -0.1) is 0 Å². The van der Waals surface area contributed by atoms with E-state index in [0.29, 0.717) is 0 Å². The Balaban J connectivity index is 3.15. The number of phenolic OH excluding ortho intramolecular Hbond substituents is 1. The molecule has 0 spiro atoms. The van der Waals surface area contributed by atoms with E-state index < -0.39 is 67.9 Å². The van der Waals surface area contributed by atoms with Crippen LogP contribution in [-0.2, 0) is 0 Å². The SMILES string of the molecule is O=C(O)c1c(F)c(OF)c(OF)c(O)c1-n1c(=O)[nH]c(F)c(F)c1=O. The lowest BCUT2D eigenvalue weighted by Crippen LogP contribution is -2.38. The Morgan fingerprint density at radius 2 is 1.60 bits per heavy atom. The smallest absolute Gasteiger partial charge is 0.341 e. The standard InChI is InChI=1S/C11H3F5N2O7/c12-2-1(10(21)22)4(5(19)7(25-16)6(2)24-15)18-9(20)3(13)8(14)17-11(18)23/h19H,(H,17,23)(H,21,22). The van der Waals surface area contributed by atoms with Crippen LogP contribution in [0.4, 0.5) is 22.2 Å². The lowest BCUT2D eigenvalue weighted by molar-refractivity contribution is -0.0438. The molecule has 134 valence electrons. The van der Waals surface area contributed by atoms with Gasteiger partial charge in [-0.25, -0.2) is 18.5 Å². The van der Waals surface area contributed by atoms with Gasteiger partial charge < -0.3 is 10.2 Å². The van der Waals surface area contributed by atoms with E-state index in [4.69, 9.17) is 5.11 Å². The van der Waals surface area contributed by atoms with Crippen molar-refractivity contribution in [2.75, 3.05) is 0 Å². The van der Waals surface area contributed by atoms with Crippen molar-refractivity contribution in [3.63, 3.8) is 0 Å². The first-order valence-corrected chi connectivity index (χ1v) is 5.76. The number of phenols is 1. The highest BCUT2D eigenvalue weighted by Crippen LogP contribution is 2.45. The van der Waals surface area contributed by atoms with Crippen LogP contribution in [0.1, 0.15) is 10.4 Å². The molecular formula is C11H3F5N2O7. The minimum absolute atomic E-state index is 0.565. The number of carbonyl (C=O) groups is 1. The van der Waals surface area contributed by atoms with E-state index in [1.54, 1.807) is 0 Å². The number of benzene rings is 1. The molecule has 0 aliphatic heterocycles. The maximum atomic E-state index is 14.0. The van der Waals surface area contributed by atoms with Crippen LogP contribution >= 0.6 is 0 Å². The average Bonchev–Trinajstić information content (AvgIpc) is 2.54. The number of H-pyrrole nitrogens is 1. The highest BCUT2D eigenvalue weighted by Gasteiger charge is 2.35. The van der Waals surface area contributed by atoms with E-state index in [1.165, 1.54) is 0 Å². The molecule has 0 aliphatic rings. The molecule has 25 heavy (non-hydrogen) atoms. The monoisotopic (exact) mass is 370 g/mol. The maximum absolute atomic E-state index is 14.0. The van der Waals surface area contributed by atoms with Crippen molar-refractivity contribution >= 4 is 5.97 Å². The highest BCUT2D eigenvalue weighted by atomic mass is 19.3. The third-order valence-electron chi connectivity index (χ3n) is 2.90. The number of carboxylic acids is 1. The molecule has 0 radical (unpaired) electrons. The number of halogens is 5. The van der Waals surface area contributed by atoms with Gasteiger partial charge in [0.15, 0.2) is 11.6 Å². The molecule has 9 nitrogen and oxygen atoms in total. The first-order chi connectivity index (χ1) is 11.7. The Labute approximate surface area is 130 Å². The van der Waals surface area contributed by atoms with E-state index in [1.807, 2.05) is 0 Å². The first kappa shape index (κ1) is 17.8. The molecule has 3 N–H and O–H groups in total. The normalized spacial score (nSPS) is 10.6. The van der Waals surface area contributed by atoms with Crippen molar-refractivity contribution in [3.8, 4) is 22.9 Å². The summed E-state index contributed by atoms with van der Waals surface area (Å²) < 4.78 is 64.6. The third-order valence-corrected chi connectivity index (χ3v) is 2.90. The average molecular weight is 370 g/mol. The summed E-state index contributed by atoms with van der Waals surface area (Å²) in [5.41, 5.74) is -7.51. The molecule has 0 amide bonds. The fourth-order valence-electron chi connectivity index (χ4n) is 1.90. The number of aromatic amines is 1. The molecule has 2 aromatic rings. The van der Waals surface area contributed by atoms with Crippen LogP contribution in [0.5, 0.6) is 17.2 Å². The van der Waals surface area contributed by atoms with E-state index >= 15 is 0 Å². The number of rotatable bonds is 4. The molecule has 2 rings (SSSR count). The predicted octanol–water partition coefficient (Wildman–Crippen LogP) is 0.873. The van der Waals surface area contributed by atoms with Gasteiger partial charge in [0.2, 0.25) is 11.8 Å². The molecule has 0 saturated carbocycles. The second-order valence-electron chi connectivity index (χ2n) is 4.20.